The largest absolute Gasteiger partial charge is 0.494 e. The molecule has 1 N–H and O–H groups in total. The van der Waals surface area contributed by atoms with Gasteiger partial charge >= 0.3 is 0 Å². The second-order valence-electron chi connectivity index (χ2n) is 7.75. The summed E-state index contributed by atoms with van der Waals surface area (Å²) >= 11 is 0. The molecule has 0 saturated heterocycles. The van der Waals surface area contributed by atoms with Gasteiger partial charge in [-0.15, -0.1) is 0 Å². The van der Waals surface area contributed by atoms with Gasteiger partial charge < -0.3 is 14.6 Å². The van der Waals surface area contributed by atoms with Crippen molar-refractivity contribution in [3.05, 3.63) is 67.1 Å². The average molecular weight is 399 g/mol. The Kier molecular flexibility index (Phi) is 5.10. The van der Waals surface area contributed by atoms with Crippen LogP contribution in [-0.4, -0.2) is 27.2 Å². The highest BCUT2D eigenvalue weighted by Crippen LogP contribution is 2.36. The molecule has 152 valence electrons. The van der Waals surface area contributed by atoms with Crippen molar-refractivity contribution in [2.75, 3.05) is 11.9 Å². The molecule has 0 spiro atoms. The fourth-order valence-electron chi connectivity index (χ4n) is 4.34. The van der Waals surface area contributed by atoms with Gasteiger partial charge in [0.25, 0.3) is 0 Å². The molecule has 5 nitrogen and oxygen atoms in total. The Morgan fingerprint density at radius 3 is 2.50 bits per heavy atom. The van der Waals surface area contributed by atoms with Crippen molar-refractivity contribution >= 4 is 16.9 Å². The summed E-state index contributed by atoms with van der Waals surface area (Å²) in [5, 5.41) is 4.77. The van der Waals surface area contributed by atoms with Gasteiger partial charge in [0.05, 0.1) is 12.0 Å². The fourth-order valence-corrected chi connectivity index (χ4v) is 4.34. The molecule has 0 bridgehead atoms. The van der Waals surface area contributed by atoms with Crippen LogP contribution in [-0.2, 0) is 0 Å². The Balaban J connectivity index is 1.66. The molecule has 2 aromatic carbocycles. The third-order valence-corrected chi connectivity index (χ3v) is 5.79. The third-order valence-electron chi connectivity index (χ3n) is 5.79. The summed E-state index contributed by atoms with van der Waals surface area (Å²) in [7, 11) is 0. The molecular weight excluding hydrogens is 372 g/mol. The van der Waals surface area contributed by atoms with Gasteiger partial charge in [0.2, 0.25) is 0 Å². The molecule has 5 rings (SSSR count). The smallest absolute Gasteiger partial charge is 0.150 e. The van der Waals surface area contributed by atoms with Crippen molar-refractivity contribution in [3.63, 3.8) is 0 Å². The number of fused-ring (bicyclic) bond motifs is 1. The summed E-state index contributed by atoms with van der Waals surface area (Å²) in [6.07, 6.45) is 8.80. The van der Waals surface area contributed by atoms with Gasteiger partial charge in [-0.05, 0) is 49.6 Å². The van der Waals surface area contributed by atoms with Gasteiger partial charge in [0.1, 0.15) is 17.9 Å². The minimum absolute atomic E-state index is 0.487. The highest BCUT2D eigenvalue weighted by atomic mass is 16.5. The molecule has 0 amide bonds. The lowest BCUT2D eigenvalue weighted by Crippen LogP contribution is -2.15. The first-order valence-electron chi connectivity index (χ1n) is 10.7. The Hall–Kier alpha value is -3.34. The van der Waals surface area contributed by atoms with Crippen LogP contribution in [0.5, 0.6) is 5.75 Å². The summed E-state index contributed by atoms with van der Waals surface area (Å²) in [6, 6.07) is 19.1. The van der Waals surface area contributed by atoms with Crippen LogP contribution in [0.2, 0.25) is 0 Å². The zero-order valence-electron chi connectivity index (χ0n) is 17.2. The predicted molar refractivity (Wildman–Crippen MR) is 121 cm³/mol. The van der Waals surface area contributed by atoms with E-state index in [1.165, 1.54) is 25.7 Å². The highest BCUT2D eigenvalue weighted by Gasteiger charge is 2.21. The molecule has 0 unspecified atom stereocenters. The fraction of sp³-hybridized carbons (Fsp3) is 0.280. The zero-order chi connectivity index (χ0) is 20.3. The van der Waals surface area contributed by atoms with Crippen LogP contribution < -0.4 is 10.1 Å². The lowest BCUT2D eigenvalue weighted by Gasteiger charge is -2.14. The standard InChI is InChI=1S/C25H26N4O/c1-2-30-21-14-12-20(13-15-21)29-16-22(18-8-4-3-5-9-18)23-24(26-17-27-25(23)29)28-19-10-6-7-11-19/h3-5,8-9,12-17,19H,2,6-7,10-11H2,1H3,(H,26,27,28). The minimum Gasteiger partial charge on any atom is -0.494 e. The molecule has 1 aliphatic rings. The van der Waals surface area contributed by atoms with E-state index in [0.29, 0.717) is 12.6 Å². The van der Waals surface area contributed by atoms with Crippen LogP contribution >= 0.6 is 0 Å². The number of benzene rings is 2. The average Bonchev–Trinajstić information content (AvgIpc) is 3.44. The van der Waals surface area contributed by atoms with Crippen molar-refractivity contribution in [3.8, 4) is 22.6 Å². The van der Waals surface area contributed by atoms with Crippen LogP contribution in [0.25, 0.3) is 27.8 Å². The van der Waals surface area contributed by atoms with Gasteiger partial charge in [0.15, 0.2) is 5.65 Å². The van der Waals surface area contributed by atoms with Gasteiger partial charge in [-0.3, -0.25) is 0 Å². The number of ether oxygens (including phenoxy) is 1. The second kappa shape index (κ2) is 8.19. The second-order valence-corrected chi connectivity index (χ2v) is 7.75. The number of hydrogen-bond acceptors (Lipinski definition) is 4. The Labute approximate surface area is 176 Å². The van der Waals surface area contributed by atoms with Gasteiger partial charge in [-0.2, -0.15) is 0 Å². The van der Waals surface area contributed by atoms with E-state index in [1.54, 1.807) is 6.33 Å². The van der Waals surface area contributed by atoms with E-state index < -0.39 is 0 Å². The third kappa shape index (κ3) is 3.52. The number of anilines is 1. The summed E-state index contributed by atoms with van der Waals surface area (Å²) in [6.45, 7) is 2.66. The van der Waals surface area contributed by atoms with Crippen molar-refractivity contribution < 1.29 is 4.74 Å². The molecule has 0 aliphatic heterocycles. The monoisotopic (exact) mass is 398 g/mol. The number of aromatic nitrogens is 3. The molecule has 30 heavy (non-hydrogen) atoms. The van der Waals surface area contributed by atoms with Crippen LogP contribution in [0, 0.1) is 0 Å². The Bertz CT molecular complexity index is 1130. The van der Waals surface area contributed by atoms with E-state index in [4.69, 9.17) is 4.74 Å². The number of rotatable bonds is 6. The molecule has 2 heterocycles. The molecule has 1 fully saturated rings. The van der Waals surface area contributed by atoms with Crippen molar-refractivity contribution in [1.82, 2.24) is 14.5 Å². The van der Waals surface area contributed by atoms with E-state index in [1.807, 2.05) is 25.1 Å². The molecule has 0 radical (unpaired) electrons. The van der Waals surface area contributed by atoms with Crippen LogP contribution in [0.1, 0.15) is 32.6 Å². The summed E-state index contributed by atoms with van der Waals surface area (Å²) in [5.41, 5.74) is 4.27. The van der Waals surface area contributed by atoms with E-state index in [2.05, 4.69) is 62.4 Å². The van der Waals surface area contributed by atoms with E-state index in [0.717, 1.165) is 39.4 Å². The van der Waals surface area contributed by atoms with Gasteiger partial charge in [-0.25, -0.2) is 9.97 Å². The van der Waals surface area contributed by atoms with Crippen molar-refractivity contribution in [2.45, 2.75) is 38.6 Å². The lowest BCUT2D eigenvalue weighted by molar-refractivity contribution is 0.340. The van der Waals surface area contributed by atoms with Gasteiger partial charge in [0, 0.05) is 23.5 Å². The number of nitrogens with zero attached hydrogens (tertiary/aromatic N) is 3. The molecule has 2 aromatic heterocycles. The molecular formula is C25H26N4O. The first kappa shape index (κ1) is 18.7. The topological polar surface area (TPSA) is 52.0 Å². The highest BCUT2D eigenvalue weighted by molar-refractivity contribution is 6.02. The predicted octanol–water partition coefficient (Wildman–Crippen LogP) is 5.84. The van der Waals surface area contributed by atoms with Crippen molar-refractivity contribution in [2.24, 2.45) is 0 Å². The first-order valence-corrected chi connectivity index (χ1v) is 10.7. The molecule has 1 aliphatic carbocycles. The van der Waals surface area contributed by atoms with Crippen LogP contribution in [0.4, 0.5) is 5.82 Å². The van der Waals surface area contributed by atoms with Gasteiger partial charge in [-0.1, -0.05) is 43.2 Å². The maximum atomic E-state index is 5.61. The lowest BCUT2D eigenvalue weighted by atomic mass is 10.1. The Morgan fingerprint density at radius 1 is 1.00 bits per heavy atom. The Morgan fingerprint density at radius 2 is 1.77 bits per heavy atom. The SMILES string of the molecule is CCOc1ccc(-n2cc(-c3ccccc3)c3c(NC4CCCC4)ncnc32)cc1. The summed E-state index contributed by atoms with van der Waals surface area (Å²) in [5.74, 6) is 1.80. The van der Waals surface area contributed by atoms with E-state index in [9.17, 15) is 0 Å². The minimum atomic E-state index is 0.487. The molecule has 5 heteroatoms. The molecule has 1 saturated carbocycles. The van der Waals surface area contributed by atoms with Crippen molar-refractivity contribution in [1.29, 1.82) is 0 Å². The first-order chi connectivity index (χ1) is 14.8. The number of hydrogen-bond donors (Lipinski definition) is 1. The maximum absolute atomic E-state index is 5.61. The van der Waals surface area contributed by atoms with E-state index in [-0.39, 0.29) is 0 Å². The molecule has 0 atom stereocenters. The summed E-state index contributed by atoms with van der Waals surface area (Å²) < 4.78 is 7.76. The summed E-state index contributed by atoms with van der Waals surface area (Å²) in [4.78, 5) is 9.32. The van der Waals surface area contributed by atoms with Crippen LogP contribution in [0.15, 0.2) is 67.1 Å². The van der Waals surface area contributed by atoms with E-state index >= 15 is 0 Å². The number of nitrogens with one attached hydrogen (secondary N) is 1. The zero-order valence-corrected chi connectivity index (χ0v) is 17.2. The van der Waals surface area contributed by atoms with Crippen LogP contribution in [0.3, 0.4) is 0 Å². The molecule has 4 aromatic rings. The maximum Gasteiger partial charge on any atom is 0.150 e. The quantitative estimate of drug-likeness (QED) is 0.443. The normalized spacial score (nSPS) is 14.3.